The second-order valence-corrected chi connectivity index (χ2v) is 3.69. The molecule has 0 radical (unpaired) electrons. The lowest BCUT2D eigenvalue weighted by Gasteiger charge is -2.08. The highest BCUT2D eigenvalue weighted by Gasteiger charge is 2.02. The summed E-state index contributed by atoms with van der Waals surface area (Å²) in [4.78, 5) is 22.0. The fraction of sp³-hybridized carbons (Fsp3) is 0.500. The Labute approximate surface area is 107 Å². The Balaban J connectivity index is 3.32. The van der Waals surface area contributed by atoms with Gasteiger partial charge in [0.2, 0.25) is 0 Å². The first-order valence-corrected chi connectivity index (χ1v) is 5.56. The molecule has 2 N–H and O–H groups in total. The van der Waals surface area contributed by atoms with Gasteiger partial charge in [-0.1, -0.05) is 13.2 Å². The SMILES string of the molecule is C=C(C)C(=O)OCCNNCCOC(=O)C(=C)C. The highest BCUT2D eigenvalue weighted by Crippen LogP contribution is 1.91. The molecule has 0 fully saturated rings. The normalized spacial score (nSPS) is 9.67. The summed E-state index contributed by atoms with van der Waals surface area (Å²) in [5.74, 6) is -0.820. The molecule has 0 aliphatic carbocycles. The van der Waals surface area contributed by atoms with Gasteiger partial charge < -0.3 is 9.47 Å². The molecule has 0 saturated heterocycles. The summed E-state index contributed by atoms with van der Waals surface area (Å²) in [5.41, 5.74) is 6.36. The number of ether oxygens (including phenoxy) is 2. The number of carbonyl (C=O) groups is 2. The smallest absolute Gasteiger partial charge is 0.333 e. The molecule has 0 aliphatic heterocycles. The van der Waals surface area contributed by atoms with Crippen LogP contribution in [0.1, 0.15) is 13.8 Å². The molecule has 0 aromatic carbocycles. The molecule has 6 nitrogen and oxygen atoms in total. The third-order valence-electron chi connectivity index (χ3n) is 1.74. The van der Waals surface area contributed by atoms with E-state index in [1.807, 2.05) is 0 Å². The quantitative estimate of drug-likeness (QED) is 0.268. The van der Waals surface area contributed by atoms with Crippen LogP contribution in [0.5, 0.6) is 0 Å². The van der Waals surface area contributed by atoms with Crippen molar-refractivity contribution in [1.29, 1.82) is 0 Å². The molecular weight excluding hydrogens is 236 g/mol. The highest BCUT2D eigenvalue weighted by molar-refractivity contribution is 5.87. The molecule has 0 aliphatic rings. The maximum absolute atomic E-state index is 11.0. The van der Waals surface area contributed by atoms with Crippen molar-refractivity contribution in [1.82, 2.24) is 10.9 Å². The van der Waals surface area contributed by atoms with Gasteiger partial charge in [-0.05, 0) is 13.8 Å². The minimum absolute atomic E-state index is 0.240. The predicted octanol–water partition coefficient (Wildman–Crippen LogP) is 0.319. The molecule has 0 spiro atoms. The Hall–Kier alpha value is -1.66. The second-order valence-electron chi connectivity index (χ2n) is 3.69. The minimum atomic E-state index is -0.410. The van der Waals surface area contributed by atoms with Crippen molar-refractivity contribution in [3.63, 3.8) is 0 Å². The van der Waals surface area contributed by atoms with Crippen LogP contribution in [0, 0.1) is 0 Å². The zero-order chi connectivity index (χ0) is 14.0. The van der Waals surface area contributed by atoms with Crippen molar-refractivity contribution in [2.75, 3.05) is 26.3 Å². The lowest BCUT2D eigenvalue weighted by molar-refractivity contribution is -0.140. The van der Waals surface area contributed by atoms with Crippen LogP contribution in [0.15, 0.2) is 24.3 Å². The van der Waals surface area contributed by atoms with Gasteiger partial charge in [0, 0.05) is 24.2 Å². The Bertz CT molecular complexity index is 294. The number of hydrogen-bond acceptors (Lipinski definition) is 6. The first kappa shape index (κ1) is 16.3. The molecule has 102 valence electrons. The predicted molar refractivity (Wildman–Crippen MR) is 67.6 cm³/mol. The van der Waals surface area contributed by atoms with Gasteiger partial charge in [-0.3, -0.25) is 10.9 Å². The van der Waals surface area contributed by atoms with Gasteiger partial charge >= 0.3 is 11.9 Å². The minimum Gasteiger partial charge on any atom is -0.461 e. The van der Waals surface area contributed by atoms with E-state index < -0.39 is 11.9 Å². The number of hydrazine groups is 1. The summed E-state index contributed by atoms with van der Waals surface area (Å²) in [6.45, 7) is 11.5. The molecular formula is C12H20N2O4. The molecule has 18 heavy (non-hydrogen) atoms. The van der Waals surface area contributed by atoms with E-state index in [2.05, 4.69) is 24.0 Å². The monoisotopic (exact) mass is 256 g/mol. The lowest BCUT2D eigenvalue weighted by Crippen LogP contribution is -2.37. The van der Waals surface area contributed by atoms with Gasteiger partial charge in [0.15, 0.2) is 0 Å². The van der Waals surface area contributed by atoms with Gasteiger partial charge in [0.05, 0.1) is 0 Å². The summed E-state index contributed by atoms with van der Waals surface area (Å²) in [5, 5.41) is 0. The average Bonchev–Trinajstić information content (AvgIpc) is 2.31. The fourth-order valence-electron chi connectivity index (χ4n) is 0.813. The van der Waals surface area contributed by atoms with E-state index in [1.165, 1.54) is 0 Å². The molecule has 0 bridgehead atoms. The van der Waals surface area contributed by atoms with Crippen molar-refractivity contribution < 1.29 is 19.1 Å². The van der Waals surface area contributed by atoms with Crippen LogP contribution in [-0.2, 0) is 19.1 Å². The highest BCUT2D eigenvalue weighted by atomic mass is 16.5. The van der Waals surface area contributed by atoms with Gasteiger partial charge in [-0.25, -0.2) is 9.59 Å². The Morgan fingerprint density at radius 3 is 1.50 bits per heavy atom. The first-order valence-electron chi connectivity index (χ1n) is 5.56. The number of rotatable bonds is 9. The molecule has 0 unspecified atom stereocenters. The summed E-state index contributed by atoms with van der Waals surface area (Å²) >= 11 is 0. The summed E-state index contributed by atoms with van der Waals surface area (Å²) in [6, 6.07) is 0. The maximum Gasteiger partial charge on any atom is 0.333 e. The van der Waals surface area contributed by atoms with Crippen molar-refractivity contribution >= 4 is 11.9 Å². The van der Waals surface area contributed by atoms with E-state index in [0.717, 1.165) is 0 Å². The number of carbonyl (C=O) groups excluding carboxylic acids is 2. The van der Waals surface area contributed by atoms with Crippen LogP contribution < -0.4 is 10.9 Å². The molecule has 0 heterocycles. The molecule has 0 rings (SSSR count). The van der Waals surface area contributed by atoms with Gasteiger partial charge in [-0.2, -0.15) is 0 Å². The zero-order valence-corrected chi connectivity index (χ0v) is 10.9. The number of esters is 2. The van der Waals surface area contributed by atoms with Gasteiger partial charge in [-0.15, -0.1) is 0 Å². The average molecular weight is 256 g/mol. The van der Waals surface area contributed by atoms with E-state index in [9.17, 15) is 9.59 Å². The van der Waals surface area contributed by atoms with Crippen molar-refractivity contribution in [2.24, 2.45) is 0 Å². The summed E-state index contributed by atoms with van der Waals surface area (Å²) in [6.07, 6.45) is 0. The number of hydrogen-bond donors (Lipinski definition) is 2. The van der Waals surface area contributed by atoms with Crippen LogP contribution >= 0.6 is 0 Å². The molecule has 0 saturated carbocycles. The first-order chi connectivity index (χ1) is 8.45. The Kier molecular flexibility index (Phi) is 8.51. The van der Waals surface area contributed by atoms with Crippen LogP contribution in [-0.4, -0.2) is 38.2 Å². The molecule has 0 amide bonds. The van der Waals surface area contributed by atoms with Crippen LogP contribution in [0.25, 0.3) is 0 Å². The topological polar surface area (TPSA) is 76.7 Å². The van der Waals surface area contributed by atoms with E-state index in [4.69, 9.17) is 9.47 Å². The second kappa shape index (κ2) is 9.38. The number of nitrogens with one attached hydrogen (secondary N) is 2. The van der Waals surface area contributed by atoms with E-state index >= 15 is 0 Å². The molecule has 0 aromatic heterocycles. The van der Waals surface area contributed by atoms with Gasteiger partial charge in [0.1, 0.15) is 13.2 Å². The third kappa shape index (κ3) is 8.49. The maximum atomic E-state index is 11.0. The van der Waals surface area contributed by atoms with Crippen LogP contribution in [0.3, 0.4) is 0 Å². The molecule has 6 heteroatoms. The third-order valence-corrected chi connectivity index (χ3v) is 1.74. The van der Waals surface area contributed by atoms with E-state index in [-0.39, 0.29) is 13.2 Å². The summed E-state index contributed by atoms with van der Waals surface area (Å²) in [7, 11) is 0. The van der Waals surface area contributed by atoms with Crippen molar-refractivity contribution in [2.45, 2.75) is 13.8 Å². The standard InChI is InChI=1S/C12H20N2O4/c1-9(2)11(15)17-7-5-13-14-6-8-18-12(16)10(3)4/h13-14H,1,3,5-8H2,2,4H3. The largest absolute Gasteiger partial charge is 0.461 e. The van der Waals surface area contributed by atoms with Crippen LogP contribution in [0.2, 0.25) is 0 Å². The Morgan fingerprint density at radius 2 is 1.22 bits per heavy atom. The molecule has 0 aromatic rings. The van der Waals surface area contributed by atoms with Crippen molar-refractivity contribution in [3.8, 4) is 0 Å². The van der Waals surface area contributed by atoms with Gasteiger partial charge in [0.25, 0.3) is 0 Å². The fourth-order valence-corrected chi connectivity index (χ4v) is 0.813. The van der Waals surface area contributed by atoms with Crippen LogP contribution in [0.4, 0.5) is 0 Å². The van der Waals surface area contributed by atoms with Crippen molar-refractivity contribution in [3.05, 3.63) is 24.3 Å². The summed E-state index contributed by atoms with van der Waals surface area (Å²) < 4.78 is 9.68. The Morgan fingerprint density at radius 1 is 0.889 bits per heavy atom. The molecule has 0 atom stereocenters. The zero-order valence-electron chi connectivity index (χ0n) is 10.9. The van der Waals surface area contributed by atoms with E-state index in [1.54, 1.807) is 13.8 Å². The lowest BCUT2D eigenvalue weighted by atomic mass is 10.4. The van der Waals surface area contributed by atoms with E-state index in [0.29, 0.717) is 24.2 Å².